The van der Waals surface area contributed by atoms with Crippen LogP contribution in [0.4, 0.5) is 0 Å². The molecule has 1 aromatic rings. The average molecular weight is 204 g/mol. The maximum atomic E-state index is 6.09. The van der Waals surface area contributed by atoms with Crippen LogP contribution in [0.2, 0.25) is 0 Å². The largest absolute Gasteiger partial charge is 0.210 e. The molecule has 0 spiro atoms. The highest BCUT2D eigenvalue weighted by atomic mass is 35.5. The molecule has 0 amide bonds. The molecule has 0 atom stereocenters. The van der Waals surface area contributed by atoms with Gasteiger partial charge in [0.25, 0.3) is 0 Å². The van der Waals surface area contributed by atoms with E-state index in [1.807, 2.05) is 10.5 Å². The van der Waals surface area contributed by atoms with Crippen molar-refractivity contribution in [1.29, 1.82) is 0 Å². The van der Waals surface area contributed by atoms with Gasteiger partial charge in [-0.2, -0.15) is 0 Å². The monoisotopic (exact) mass is 203 g/mol. The van der Waals surface area contributed by atoms with Crippen molar-refractivity contribution in [3.8, 4) is 0 Å². The smallest absolute Gasteiger partial charge is 0.0489 e. The predicted molar refractivity (Wildman–Crippen MR) is 55.5 cm³/mol. The third-order valence-corrected chi connectivity index (χ3v) is 3.09. The Morgan fingerprint density at radius 2 is 2.17 bits per heavy atom. The van der Waals surface area contributed by atoms with Crippen LogP contribution in [0.3, 0.4) is 0 Å². The van der Waals surface area contributed by atoms with Crippen molar-refractivity contribution in [1.82, 2.24) is 4.42 Å². The SMILES string of the molecule is CC(C)(C)N(Cl)Cc1cccs1. The molecule has 0 radical (unpaired) electrons. The van der Waals surface area contributed by atoms with Gasteiger partial charge in [0, 0.05) is 17.0 Å². The molecule has 0 saturated carbocycles. The Morgan fingerprint density at radius 1 is 1.50 bits per heavy atom. The quantitative estimate of drug-likeness (QED) is 0.666. The van der Waals surface area contributed by atoms with Crippen molar-refractivity contribution in [2.75, 3.05) is 0 Å². The van der Waals surface area contributed by atoms with Crippen molar-refractivity contribution in [2.45, 2.75) is 32.9 Å². The lowest BCUT2D eigenvalue weighted by Gasteiger charge is -2.28. The lowest BCUT2D eigenvalue weighted by atomic mass is 10.1. The van der Waals surface area contributed by atoms with Gasteiger partial charge >= 0.3 is 0 Å². The highest BCUT2D eigenvalue weighted by molar-refractivity contribution is 7.09. The molecule has 1 aromatic heterocycles. The Bertz CT molecular complexity index is 225. The summed E-state index contributed by atoms with van der Waals surface area (Å²) in [5.74, 6) is 0. The summed E-state index contributed by atoms with van der Waals surface area (Å²) >= 11 is 7.83. The minimum Gasteiger partial charge on any atom is -0.210 e. The fourth-order valence-corrected chi connectivity index (χ4v) is 1.67. The van der Waals surface area contributed by atoms with Crippen molar-refractivity contribution >= 4 is 23.1 Å². The molecule has 1 nitrogen and oxygen atoms in total. The summed E-state index contributed by atoms with van der Waals surface area (Å²) in [6.07, 6.45) is 0. The first-order valence-electron chi connectivity index (χ1n) is 3.96. The lowest BCUT2D eigenvalue weighted by molar-refractivity contribution is 0.256. The van der Waals surface area contributed by atoms with E-state index in [1.54, 1.807) is 11.3 Å². The fourth-order valence-electron chi connectivity index (χ4n) is 0.777. The van der Waals surface area contributed by atoms with E-state index in [1.165, 1.54) is 4.88 Å². The zero-order valence-corrected chi connectivity index (χ0v) is 9.25. The number of nitrogens with zero attached hydrogens (tertiary/aromatic N) is 1. The lowest BCUT2D eigenvalue weighted by Crippen LogP contribution is -2.32. The van der Waals surface area contributed by atoms with E-state index < -0.39 is 0 Å². The van der Waals surface area contributed by atoms with E-state index >= 15 is 0 Å². The fraction of sp³-hybridized carbons (Fsp3) is 0.556. The van der Waals surface area contributed by atoms with Crippen LogP contribution in [0.25, 0.3) is 0 Å². The van der Waals surface area contributed by atoms with Crippen LogP contribution in [-0.2, 0) is 6.54 Å². The third kappa shape index (κ3) is 2.77. The number of thiophene rings is 1. The van der Waals surface area contributed by atoms with E-state index in [0.717, 1.165) is 6.54 Å². The molecule has 3 heteroatoms. The van der Waals surface area contributed by atoms with Crippen LogP contribution in [0.5, 0.6) is 0 Å². The molecule has 1 heterocycles. The third-order valence-electron chi connectivity index (χ3n) is 1.60. The summed E-state index contributed by atoms with van der Waals surface area (Å²) in [6.45, 7) is 7.14. The molecular weight excluding hydrogens is 190 g/mol. The van der Waals surface area contributed by atoms with Crippen LogP contribution < -0.4 is 0 Å². The van der Waals surface area contributed by atoms with Crippen molar-refractivity contribution in [2.24, 2.45) is 0 Å². The zero-order chi connectivity index (χ0) is 9.19. The second-order valence-electron chi connectivity index (χ2n) is 3.77. The van der Waals surface area contributed by atoms with Crippen LogP contribution >= 0.6 is 23.1 Å². The standard InChI is InChI=1S/C9H14ClNS/c1-9(2,3)11(10)7-8-5-4-6-12-8/h4-6H,7H2,1-3H3. The van der Waals surface area contributed by atoms with E-state index in [2.05, 4.69) is 32.2 Å². The first-order valence-corrected chi connectivity index (χ1v) is 5.18. The van der Waals surface area contributed by atoms with E-state index in [4.69, 9.17) is 11.8 Å². The Kier molecular flexibility index (Phi) is 3.16. The normalized spacial score (nSPS) is 12.4. The first kappa shape index (κ1) is 10.0. The van der Waals surface area contributed by atoms with Gasteiger partial charge in [0.2, 0.25) is 0 Å². The summed E-state index contributed by atoms with van der Waals surface area (Å²) in [5, 5.41) is 2.07. The summed E-state index contributed by atoms with van der Waals surface area (Å²) in [6, 6.07) is 4.15. The molecule has 0 bridgehead atoms. The van der Waals surface area contributed by atoms with Crippen LogP contribution in [0.15, 0.2) is 17.5 Å². The summed E-state index contributed by atoms with van der Waals surface area (Å²) in [4.78, 5) is 1.31. The molecule has 0 N–H and O–H groups in total. The predicted octanol–water partition coefficient (Wildman–Crippen LogP) is 3.50. The number of hydrogen-bond acceptors (Lipinski definition) is 2. The maximum absolute atomic E-state index is 6.09. The van der Waals surface area contributed by atoms with Gasteiger partial charge in [0.15, 0.2) is 0 Å². The Hall–Kier alpha value is -0.0500. The van der Waals surface area contributed by atoms with Crippen LogP contribution in [-0.4, -0.2) is 9.96 Å². The molecule has 0 aliphatic carbocycles. The highest BCUT2D eigenvalue weighted by Gasteiger charge is 2.19. The molecule has 0 saturated heterocycles. The topological polar surface area (TPSA) is 3.24 Å². The molecule has 0 fully saturated rings. The molecule has 0 aliphatic rings. The molecule has 0 unspecified atom stereocenters. The van der Waals surface area contributed by atoms with Gasteiger partial charge in [-0.05, 0) is 44.0 Å². The number of halogens is 1. The summed E-state index contributed by atoms with van der Waals surface area (Å²) in [5.41, 5.74) is 0.0333. The minimum atomic E-state index is 0.0333. The average Bonchev–Trinajstić information content (AvgIpc) is 2.37. The van der Waals surface area contributed by atoms with Crippen molar-refractivity contribution in [3.63, 3.8) is 0 Å². The highest BCUT2D eigenvalue weighted by Crippen LogP contribution is 2.21. The van der Waals surface area contributed by atoms with Gasteiger partial charge < -0.3 is 0 Å². The van der Waals surface area contributed by atoms with Crippen LogP contribution in [0.1, 0.15) is 25.6 Å². The molecule has 68 valence electrons. The molecule has 0 aromatic carbocycles. The van der Waals surface area contributed by atoms with E-state index in [-0.39, 0.29) is 5.54 Å². The van der Waals surface area contributed by atoms with Gasteiger partial charge in [-0.3, -0.25) is 0 Å². The van der Waals surface area contributed by atoms with Gasteiger partial charge in [-0.15, -0.1) is 11.3 Å². The van der Waals surface area contributed by atoms with E-state index in [0.29, 0.717) is 0 Å². The first-order chi connectivity index (χ1) is 5.50. The number of rotatable bonds is 2. The van der Waals surface area contributed by atoms with Crippen molar-refractivity contribution < 1.29 is 0 Å². The summed E-state index contributed by atoms with van der Waals surface area (Å²) in [7, 11) is 0. The zero-order valence-electron chi connectivity index (χ0n) is 7.67. The molecular formula is C9H14ClNS. The molecule has 0 aliphatic heterocycles. The van der Waals surface area contributed by atoms with Gasteiger partial charge in [0.05, 0.1) is 0 Å². The summed E-state index contributed by atoms with van der Waals surface area (Å²) < 4.78 is 1.83. The second-order valence-corrected chi connectivity index (χ2v) is 5.21. The Labute approximate surface area is 83.1 Å². The number of hydrogen-bond donors (Lipinski definition) is 0. The van der Waals surface area contributed by atoms with Crippen molar-refractivity contribution in [3.05, 3.63) is 22.4 Å². The maximum Gasteiger partial charge on any atom is 0.0489 e. The Morgan fingerprint density at radius 3 is 2.58 bits per heavy atom. The Balaban J connectivity index is 2.53. The van der Waals surface area contributed by atoms with Gasteiger partial charge in [0.1, 0.15) is 0 Å². The van der Waals surface area contributed by atoms with Crippen LogP contribution in [0, 0.1) is 0 Å². The molecule has 12 heavy (non-hydrogen) atoms. The van der Waals surface area contributed by atoms with E-state index in [9.17, 15) is 0 Å². The second kappa shape index (κ2) is 3.77. The van der Waals surface area contributed by atoms with Gasteiger partial charge in [-0.25, -0.2) is 4.42 Å². The minimum absolute atomic E-state index is 0.0333. The molecule has 1 rings (SSSR count). The van der Waals surface area contributed by atoms with Gasteiger partial charge in [-0.1, -0.05) is 6.07 Å².